The molecule has 0 saturated carbocycles. The average Bonchev–Trinajstić information content (AvgIpc) is 3.04. The minimum Gasteiger partial charge on any atom is -0.351 e. The lowest BCUT2D eigenvalue weighted by Crippen LogP contribution is -2.40. The average molecular weight is 319 g/mol. The first-order chi connectivity index (χ1) is 10.7. The van der Waals surface area contributed by atoms with Crippen molar-refractivity contribution in [2.45, 2.75) is 25.6 Å². The first-order valence-corrected chi connectivity index (χ1v) is 8.51. The van der Waals surface area contributed by atoms with Gasteiger partial charge in [-0.15, -0.1) is 0 Å². The summed E-state index contributed by atoms with van der Waals surface area (Å²) in [6.45, 7) is 1.18. The molecule has 3 N–H and O–H groups in total. The number of nitrogens with zero attached hydrogens (tertiary/aromatic N) is 3. The van der Waals surface area contributed by atoms with Gasteiger partial charge >= 0.3 is 0 Å². The first kappa shape index (κ1) is 16.5. The molecule has 0 aliphatic heterocycles. The van der Waals surface area contributed by atoms with E-state index in [4.69, 9.17) is 5.73 Å². The van der Waals surface area contributed by atoms with Crippen LogP contribution in [-0.4, -0.2) is 38.7 Å². The van der Waals surface area contributed by atoms with Gasteiger partial charge in [0.25, 0.3) is 0 Å². The Labute approximate surface area is 134 Å². The van der Waals surface area contributed by atoms with Gasteiger partial charge in [0.05, 0.1) is 12.6 Å². The highest BCUT2D eigenvalue weighted by atomic mass is 32.2. The summed E-state index contributed by atoms with van der Waals surface area (Å²) in [6, 6.07) is 7.62. The fourth-order valence-electron chi connectivity index (χ4n) is 1.96. The summed E-state index contributed by atoms with van der Waals surface area (Å²) in [5.74, 6) is 0.798. The number of rotatable bonds is 8. The van der Waals surface area contributed by atoms with Crippen molar-refractivity contribution < 1.29 is 4.79 Å². The molecule has 6 nitrogen and oxygen atoms in total. The molecule has 0 radical (unpaired) electrons. The smallest absolute Gasteiger partial charge is 0.237 e. The van der Waals surface area contributed by atoms with Crippen molar-refractivity contribution in [2.75, 3.05) is 12.0 Å². The van der Waals surface area contributed by atoms with E-state index in [1.165, 1.54) is 6.33 Å². The van der Waals surface area contributed by atoms with Crippen LogP contribution in [0.4, 0.5) is 0 Å². The van der Waals surface area contributed by atoms with E-state index in [9.17, 15) is 4.79 Å². The summed E-state index contributed by atoms with van der Waals surface area (Å²) in [7, 11) is 0. The van der Waals surface area contributed by atoms with Gasteiger partial charge in [-0.2, -0.15) is 16.9 Å². The normalized spacial score (nSPS) is 12.1. The number of hydrogen-bond acceptors (Lipinski definition) is 5. The van der Waals surface area contributed by atoms with E-state index in [0.717, 1.165) is 16.9 Å². The summed E-state index contributed by atoms with van der Waals surface area (Å²) in [5.41, 5.74) is 8.01. The van der Waals surface area contributed by atoms with Crippen molar-refractivity contribution in [3.63, 3.8) is 0 Å². The maximum absolute atomic E-state index is 11.8. The van der Waals surface area contributed by atoms with Gasteiger partial charge < -0.3 is 11.1 Å². The van der Waals surface area contributed by atoms with Crippen LogP contribution in [0.15, 0.2) is 36.9 Å². The van der Waals surface area contributed by atoms with Crippen molar-refractivity contribution in [1.29, 1.82) is 0 Å². The molecular weight excluding hydrogens is 298 g/mol. The highest BCUT2D eigenvalue weighted by Crippen LogP contribution is 2.06. The SMILES string of the molecule is CSCC[C@H](N)C(=O)NCc1ccc(Cn2cncn2)cc1. The molecule has 118 valence electrons. The molecule has 1 atom stereocenters. The number of amides is 1. The Bertz CT molecular complexity index is 570. The van der Waals surface area contributed by atoms with Crippen LogP contribution in [0.2, 0.25) is 0 Å². The second-order valence-electron chi connectivity index (χ2n) is 5.02. The van der Waals surface area contributed by atoms with Crippen molar-refractivity contribution in [3.8, 4) is 0 Å². The van der Waals surface area contributed by atoms with Crippen molar-refractivity contribution in [1.82, 2.24) is 20.1 Å². The second-order valence-corrected chi connectivity index (χ2v) is 6.00. The summed E-state index contributed by atoms with van der Waals surface area (Å²) < 4.78 is 1.77. The molecule has 0 bridgehead atoms. The number of benzene rings is 1. The fraction of sp³-hybridized carbons (Fsp3) is 0.400. The van der Waals surface area contributed by atoms with E-state index in [-0.39, 0.29) is 5.91 Å². The summed E-state index contributed by atoms with van der Waals surface area (Å²) >= 11 is 1.69. The molecule has 7 heteroatoms. The van der Waals surface area contributed by atoms with Crippen molar-refractivity contribution in [3.05, 3.63) is 48.0 Å². The van der Waals surface area contributed by atoms with Gasteiger partial charge in [-0.05, 0) is 29.6 Å². The van der Waals surface area contributed by atoms with Gasteiger partial charge in [0, 0.05) is 6.54 Å². The third-order valence-electron chi connectivity index (χ3n) is 3.27. The minimum atomic E-state index is -0.431. The zero-order valence-electron chi connectivity index (χ0n) is 12.6. The zero-order chi connectivity index (χ0) is 15.8. The monoisotopic (exact) mass is 319 g/mol. The Hall–Kier alpha value is -1.86. The van der Waals surface area contributed by atoms with E-state index in [0.29, 0.717) is 19.5 Å². The molecule has 2 aromatic rings. The largest absolute Gasteiger partial charge is 0.351 e. The van der Waals surface area contributed by atoms with Gasteiger partial charge in [-0.3, -0.25) is 4.79 Å². The van der Waals surface area contributed by atoms with Gasteiger partial charge in [0.1, 0.15) is 12.7 Å². The number of hydrogen-bond donors (Lipinski definition) is 2. The van der Waals surface area contributed by atoms with E-state index >= 15 is 0 Å². The molecule has 1 amide bonds. The summed E-state index contributed by atoms with van der Waals surface area (Å²) in [6.07, 6.45) is 5.91. The predicted octanol–water partition coefficient (Wildman–Crippen LogP) is 1.02. The molecule has 0 spiro atoms. The Morgan fingerprint density at radius 3 is 2.73 bits per heavy atom. The fourth-order valence-corrected chi connectivity index (χ4v) is 2.45. The number of nitrogens with two attached hydrogens (primary N) is 1. The van der Waals surface area contributed by atoms with Crippen molar-refractivity contribution >= 4 is 17.7 Å². The number of aromatic nitrogens is 3. The summed E-state index contributed by atoms with van der Waals surface area (Å²) in [4.78, 5) is 15.8. The molecule has 0 aliphatic rings. The van der Waals surface area contributed by atoms with Crippen LogP contribution in [-0.2, 0) is 17.9 Å². The Kier molecular flexibility index (Phi) is 6.42. The van der Waals surface area contributed by atoms with Crippen molar-refractivity contribution in [2.24, 2.45) is 5.73 Å². The molecule has 0 unspecified atom stereocenters. The molecule has 0 saturated heterocycles. The quantitative estimate of drug-likeness (QED) is 0.759. The van der Waals surface area contributed by atoms with Gasteiger partial charge in [0.15, 0.2) is 0 Å². The molecule has 1 heterocycles. The third-order valence-corrected chi connectivity index (χ3v) is 3.91. The third kappa shape index (κ3) is 5.16. The predicted molar refractivity (Wildman–Crippen MR) is 88.4 cm³/mol. The molecule has 0 fully saturated rings. The summed E-state index contributed by atoms with van der Waals surface area (Å²) in [5, 5.41) is 6.94. The van der Waals surface area contributed by atoms with Crippen LogP contribution in [0.5, 0.6) is 0 Å². The number of carbonyl (C=O) groups is 1. The van der Waals surface area contributed by atoms with Crippen LogP contribution in [0, 0.1) is 0 Å². The lowest BCUT2D eigenvalue weighted by Gasteiger charge is -2.12. The number of nitrogens with one attached hydrogen (secondary N) is 1. The zero-order valence-corrected chi connectivity index (χ0v) is 13.4. The Morgan fingerprint density at radius 1 is 1.36 bits per heavy atom. The topological polar surface area (TPSA) is 85.8 Å². The first-order valence-electron chi connectivity index (χ1n) is 7.11. The maximum Gasteiger partial charge on any atom is 0.237 e. The Balaban J connectivity index is 1.80. The molecule has 1 aromatic heterocycles. The van der Waals surface area contributed by atoms with E-state index in [1.807, 2.05) is 30.5 Å². The van der Waals surface area contributed by atoms with E-state index in [2.05, 4.69) is 15.4 Å². The van der Waals surface area contributed by atoms with Crippen LogP contribution in [0.25, 0.3) is 0 Å². The van der Waals surface area contributed by atoms with Gasteiger partial charge in [-0.1, -0.05) is 24.3 Å². The minimum absolute atomic E-state index is 0.0965. The van der Waals surface area contributed by atoms with Crippen LogP contribution in [0.3, 0.4) is 0 Å². The molecule has 1 aromatic carbocycles. The number of carbonyl (C=O) groups excluding carboxylic acids is 1. The van der Waals surface area contributed by atoms with Crippen LogP contribution < -0.4 is 11.1 Å². The Morgan fingerprint density at radius 2 is 2.09 bits per heavy atom. The molecule has 2 rings (SSSR count). The lowest BCUT2D eigenvalue weighted by atomic mass is 10.1. The molecule has 0 aliphatic carbocycles. The van der Waals surface area contributed by atoms with Crippen LogP contribution in [0.1, 0.15) is 17.5 Å². The lowest BCUT2D eigenvalue weighted by molar-refractivity contribution is -0.122. The van der Waals surface area contributed by atoms with E-state index in [1.54, 1.807) is 22.8 Å². The van der Waals surface area contributed by atoms with E-state index < -0.39 is 6.04 Å². The highest BCUT2D eigenvalue weighted by Gasteiger charge is 2.12. The van der Waals surface area contributed by atoms with Gasteiger partial charge in [-0.25, -0.2) is 9.67 Å². The molecular formula is C15H21N5OS. The molecule has 22 heavy (non-hydrogen) atoms. The maximum atomic E-state index is 11.8. The van der Waals surface area contributed by atoms with Crippen LogP contribution >= 0.6 is 11.8 Å². The van der Waals surface area contributed by atoms with Gasteiger partial charge in [0.2, 0.25) is 5.91 Å². The highest BCUT2D eigenvalue weighted by molar-refractivity contribution is 7.98. The second kappa shape index (κ2) is 8.55. The number of thioether (sulfide) groups is 1. The standard InChI is InChI=1S/C15H21N5OS/c1-22-7-6-14(16)15(21)18-8-12-2-4-13(5-3-12)9-20-11-17-10-19-20/h2-5,10-11,14H,6-9,16H2,1H3,(H,18,21)/t14-/m0/s1.